The highest BCUT2D eigenvalue weighted by Crippen LogP contribution is 2.29. The molecule has 80 valence electrons. The lowest BCUT2D eigenvalue weighted by Gasteiger charge is -2.06. The minimum absolute atomic E-state index is 0.615. The number of halogens is 1. The summed E-state index contributed by atoms with van der Waals surface area (Å²) in [5.41, 5.74) is 1.82. The first-order chi connectivity index (χ1) is 7.20. The summed E-state index contributed by atoms with van der Waals surface area (Å²) in [6.07, 6.45) is 0.991. The molecule has 1 aromatic carbocycles. The Morgan fingerprint density at radius 1 is 1.53 bits per heavy atom. The number of imidazole rings is 1. The first-order valence-electron chi connectivity index (χ1n) is 4.71. The first-order valence-corrected chi connectivity index (χ1v) is 5.95. The van der Waals surface area contributed by atoms with Crippen molar-refractivity contribution in [3.05, 3.63) is 16.6 Å². The van der Waals surface area contributed by atoms with Crippen LogP contribution >= 0.6 is 28.6 Å². The van der Waals surface area contributed by atoms with Gasteiger partial charge < -0.3 is 9.72 Å². The third-order valence-electron chi connectivity index (χ3n) is 1.98. The highest BCUT2D eigenvalue weighted by molar-refractivity contribution is 9.10. The lowest BCUT2D eigenvalue weighted by molar-refractivity contribution is 0.316. The summed E-state index contributed by atoms with van der Waals surface area (Å²) in [7, 11) is 0. The maximum atomic E-state index is 5.58. The van der Waals surface area contributed by atoms with Gasteiger partial charge >= 0.3 is 0 Å². The molecule has 1 aromatic heterocycles. The molecule has 3 nitrogen and oxygen atoms in total. The molecule has 0 aliphatic rings. The summed E-state index contributed by atoms with van der Waals surface area (Å²) in [6.45, 7) is 2.79. The van der Waals surface area contributed by atoms with E-state index in [4.69, 9.17) is 4.74 Å². The second-order valence-corrected chi connectivity index (χ2v) is 4.49. The molecule has 2 rings (SSSR count). The standard InChI is InChI=1S/C10H11BrN2OS/c1-2-3-14-9-5-8-7(4-6(9)11)12-10(15)13-8/h4-5H,2-3H2,1H3,(H2,12,13,15). The van der Waals surface area contributed by atoms with Gasteiger partial charge in [-0.15, -0.1) is 12.6 Å². The summed E-state index contributed by atoms with van der Waals surface area (Å²) in [4.78, 5) is 7.27. The number of nitrogens with one attached hydrogen (secondary N) is 1. The number of fused-ring (bicyclic) bond motifs is 1. The molecule has 0 atom stereocenters. The number of aromatic amines is 1. The average molecular weight is 287 g/mol. The van der Waals surface area contributed by atoms with Crippen molar-refractivity contribution in [1.29, 1.82) is 0 Å². The van der Waals surface area contributed by atoms with Crippen molar-refractivity contribution < 1.29 is 4.74 Å². The van der Waals surface area contributed by atoms with Crippen molar-refractivity contribution in [2.75, 3.05) is 6.61 Å². The molecule has 0 saturated heterocycles. The van der Waals surface area contributed by atoms with E-state index in [-0.39, 0.29) is 0 Å². The van der Waals surface area contributed by atoms with Crippen molar-refractivity contribution in [2.24, 2.45) is 0 Å². The second-order valence-electron chi connectivity index (χ2n) is 3.21. The minimum Gasteiger partial charge on any atom is -0.492 e. The SMILES string of the molecule is CCCOc1cc2[nH]c(S)nc2cc1Br. The van der Waals surface area contributed by atoms with Crippen LogP contribution in [0.2, 0.25) is 0 Å². The first kappa shape index (κ1) is 10.8. The summed E-state index contributed by atoms with van der Waals surface area (Å²) in [5, 5.41) is 0.615. The molecule has 0 saturated carbocycles. The van der Waals surface area contributed by atoms with Gasteiger partial charge in [0.05, 0.1) is 22.1 Å². The highest BCUT2D eigenvalue weighted by atomic mass is 79.9. The van der Waals surface area contributed by atoms with Gasteiger partial charge in [0, 0.05) is 6.07 Å². The van der Waals surface area contributed by atoms with Gasteiger partial charge in [-0.05, 0) is 28.4 Å². The molecule has 0 aliphatic carbocycles. The van der Waals surface area contributed by atoms with E-state index in [1.165, 1.54) is 0 Å². The van der Waals surface area contributed by atoms with Gasteiger partial charge in [0.15, 0.2) is 5.16 Å². The monoisotopic (exact) mass is 286 g/mol. The van der Waals surface area contributed by atoms with Crippen LogP contribution in [0.3, 0.4) is 0 Å². The van der Waals surface area contributed by atoms with E-state index in [2.05, 4.69) is 45.5 Å². The topological polar surface area (TPSA) is 37.9 Å². The number of benzene rings is 1. The van der Waals surface area contributed by atoms with Gasteiger partial charge in [0.25, 0.3) is 0 Å². The van der Waals surface area contributed by atoms with E-state index in [0.717, 1.165) is 27.7 Å². The predicted octanol–water partition coefficient (Wildman–Crippen LogP) is 3.40. The number of hydrogen-bond donors (Lipinski definition) is 2. The Morgan fingerprint density at radius 2 is 2.33 bits per heavy atom. The van der Waals surface area contributed by atoms with Crippen molar-refractivity contribution in [1.82, 2.24) is 9.97 Å². The van der Waals surface area contributed by atoms with Crippen molar-refractivity contribution in [3.8, 4) is 5.75 Å². The van der Waals surface area contributed by atoms with Crippen LogP contribution in [-0.4, -0.2) is 16.6 Å². The van der Waals surface area contributed by atoms with Crippen LogP contribution in [-0.2, 0) is 0 Å². The van der Waals surface area contributed by atoms with E-state index < -0.39 is 0 Å². The fourth-order valence-corrected chi connectivity index (χ4v) is 1.99. The summed E-state index contributed by atoms with van der Waals surface area (Å²) >= 11 is 7.61. The van der Waals surface area contributed by atoms with Crippen LogP contribution in [0.4, 0.5) is 0 Å². The smallest absolute Gasteiger partial charge is 0.163 e. The number of ether oxygens (including phenoxy) is 1. The van der Waals surface area contributed by atoms with Crippen LogP contribution in [0, 0.1) is 0 Å². The van der Waals surface area contributed by atoms with Gasteiger partial charge in [-0.3, -0.25) is 0 Å². The molecule has 1 N–H and O–H groups in total. The molecule has 0 bridgehead atoms. The number of nitrogens with zero attached hydrogens (tertiary/aromatic N) is 1. The summed E-state index contributed by atoms with van der Waals surface area (Å²) in [6, 6.07) is 3.86. The predicted molar refractivity (Wildman–Crippen MR) is 66.8 cm³/mol. The zero-order chi connectivity index (χ0) is 10.8. The molecule has 0 aliphatic heterocycles. The molecular formula is C10H11BrN2OS. The largest absolute Gasteiger partial charge is 0.492 e. The van der Waals surface area contributed by atoms with E-state index >= 15 is 0 Å². The molecule has 0 fully saturated rings. The lowest BCUT2D eigenvalue weighted by Crippen LogP contribution is -1.95. The zero-order valence-corrected chi connectivity index (χ0v) is 10.7. The fourth-order valence-electron chi connectivity index (χ4n) is 1.32. The quantitative estimate of drug-likeness (QED) is 0.849. The fraction of sp³-hybridized carbons (Fsp3) is 0.300. The molecule has 0 spiro atoms. The molecule has 5 heteroatoms. The van der Waals surface area contributed by atoms with Gasteiger partial charge in [0.2, 0.25) is 0 Å². The Kier molecular flexibility index (Phi) is 3.21. The van der Waals surface area contributed by atoms with Crippen LogP contribution in [0.5, 0.6) is 5.75 Å². The minimum atomic E-state index is 0.615. The van der Waals surface area contributed by atoms with Crippen LogP contribution in [0.1, 0.15) is 13.3 Å². The molecule has 2 aromatic rings. The van der Waals surface area contributed by atoms with Gasteiger partial charge in [-0.1, -0.05) is 6.92 Å². The highest BCUT2D eigenvalue weighted by Gasteiger charge is 2.06. The Morgan fingerprint density at radius 3 is 3.07 bits per heavy atom. The molecule has 0 radical (unpaired) electrons. The van der Waals surface area contributed by atoms with Crippen LogP contribution in [0.25, 0.3) is 11.0 Å². The van der Waals surface area contributed by atoms with Crippen LogP contribution in [0.15, 0.2) is 21.8 Å². The number of hydrogen-bond acceptors (Lipinski definition) is 3. The van der Waals surface area contributed by atoms with Crippen molar-refractivity contribution in [3.63, 3.8) is 0 Å². The lowest BCUT2D eigenvalue weighted by atomic mass is 10.3. The number of aromatic nitrogens is 2. The molecule has 0 unspecified atom stereocenters. The average Bonchev–Trinajstić information content (AvgIpc) is 2.53. The second kappa shape index (κ2) is 4.45. The maximum Gasteiger partial charge on any atom is 0.163 e. The van der Waals surface area contributed by atoms with Crippen LogP contribution < -0.4 is 4.74 Å². The summed E-state index contributed by atoms with van der Waals surface area (Å²) in [5.74, 6) is 0.835. The van der Waals surface area contributed by atoms with Crippen molar-refractivity contribution >= 4 is 39.6 Å². The van der Waals surface area contributed by atoms with E-state index in [1.807, 2.05) is 12.1 Å². The Hall–Kier alpha value is -0.680. The van der Waals surface area contributed by atoms with Gasteiger partial charge in [-0.2, -0.15) is 0 Å². The van der Waals surface area contributed by atoms with Gasteiger partial charge in [0.1, 0.15) is 5.75 Å². The maximum absolute atomic E-state index is 5.58. The number of thiol groups is 1. The van der Waals surface area contributed by atoms with E-state index in [0.29, 0.717) is 11.8 Å². The zero-order valence-electron chi connectivity index (χ0n) is 8.25. The number of H-pyrrole nitrogens is 1. The third-order valence-corrected chi connectivity index (χ3v) is 2.82. The molecule has 1 heterocycles. The Labute approximate surface area is 102 Å². The van der Waals surface area contributed by atoms with E-state index in [9.17, 15) is 0 Å². The molecular weight excluding hydrogens is 276 g/mol. The van der Waals surface area contributed by atoms with Crippen molar-refractivity contribution in [2.45, 2.75) is 18.5 Å². The number of rotatable bonds is 3. The van der Waals surface area contributed by atoms with Gasteiger partial charge in [-0.25, -0.2) is 4.98 Å². The Balaban J connectivity index is 2.42. The third kappa shape index (κ3) is 2.29. The molecule has 0 amide bonds. The molecule has 15 heavy (non-hydrogen) atoms. The summed E-state index contributed by atoms with van der Waals surface area (Å²) < 4.78 is 6.50. The van der Waals surface area contributed by atoms with E-state index in [1.54, 1.807) is 0 Å². The Bertz CT molecular complexity index is 483. The normalized spacial score (nSPS) is 10.9.